The van der Waals surface area contributed by atoms with E-state index in [1.807, 2.05) is 12.1 Å². The molecule has 0 aromatic heterocycles. The molecule has 0 bridgehead atoms. The van der Waals surface area contributed by atoms with Gasteiger partial charge in [0.25, 0.3) is 5.91 Å². The third-order valence-corrected chi connectivity index (χ3v) is 4.86. The van der Waals surface area contributed by atoms with Crippen molar-refractivity contribution in [3.8, 4) is 0 Å². The van der Waals surface area contributed by atoms with E-state index in [1.165, 1.54) is 37.7 Å². The van der Waals surface area contributed by atoms with Gasteiger partial charge in [-0.15, -0.1) is 0 Å². The number of rotatable bonds is 3. The van der Waals surface area contributed by atoms with Crippen molar-refractivity contribution in [2.24, 2.45) is 0 Å². The maximum absolute atomic E-state index is 12.5. The predicted octanol–water partition coefficient (Wildman–Crippen LogP) is 2.66. The number of carboxylic acids is 1. The molecule has 1 atom stereocenters. The Morgan fingerprint density at radius 2 is 1.78 bits per heavy atom. The van der Waals surface area contributed by atoms with E-state index in [4.69, 9.17) is 9.84 Å². The van der Waals surface area contributed by atoms with Crippen molar-refractivity contribution >= 4 is 11.9 Å². The van der Waals surface area contributed by atoms with Gasteiger partial charge in [0.15, 0.2) is 6.10 Å². The van der Waals surface area contributed by atoms with Crippen LogP contribution in [0.4, 0.5) is 0 Å². The molecular formula is C18H23NO4. The molecule has 3 rings (SSSR count). The quantitative estimate of drug-likeness (QED) is 0.930. The van der Waals surface area contributed by atoms with Crippen LogP contribution < -0.4 is 0 Å². The molecule has 1 aliphatic carbocycles. The fourth-order valence-corrected chi connectivity index (χ4v) is 3.50. The number of hydrogen-bond acceptors (Lipinski definition) is 3. The minimum atomic E-state index is -1.02. The number of nitrogens with zero attached hydrogens (tertiary/aromatic N) is 1. The number of aliphatic carboxylic acids is 1. The average Bonchev–Trinajstić information content (AvgIpc) is 2.62. The molecule has 0 radical (unpaired) electrons. The predicted molar refractivity (Wildman–Crippen MR) is 85.5 cm³/mol. The molecule has 0 spiro atoms. The van der Waals surface area contributed by atoms with E-state index in [0.29, 0.717) is 18.0 Å². The van der Waals surface area contributed by atoms with E-state index in [1.54, 1.807) is 4.90 Å². The summed E-state index contributed by atoms with van der Waals surface area (Å²) in [6.45, 7) is 0.814. The number of carboxylic acid groups (broad SMARTS) is 1. The van der Waals surface area contributed by atoms with Crippen LogP contribution in [0.1, 0.15) is 53.9 Å². The Labute approximate surface area is 136 Å². The molecule has 1 aromatic carbocycles. The number of hydrogen-bond donors (Lipinski definition) is 1. The number of benzene rings is 1. The highest BCUT2D eigenvalue weighted by molar-refractivity contribution is 5.94. The first-order valence-corrected chi connectivity index (χ1v) is 8.39. The third-order valence-electron chi connectivity index (χ3n) is 4.86. The number of amides is 1. The summed E-state index contributed by atoms with van der Waals surface area (Å²) < 4.78 is 5.16. The maximum atomic E-state index is 12.5. The maximum Gasteiger partial charge on any atom is 0.334 e. The smallest absolute Gasteiger partial charge is 0.334 e. The summed E-state index contributed by atoms with van der Waals surface area (Å²) in [7, 11) is 0. The van der Waals surface area contributed by atoms with Crippen molar-refractivity contribution in [1.82, 2.24) is 4.90 Å². The fourth-order valence-electron chi connectivity index (χ4n) is 3.50. The van der Waals surface area contributed by atoms with Gasteiger partial charge in [-0.25, -0.2) is 4.79 Å². The van der Waals surface area contributed by atoms with Gasteiger partial charge in [-0.05, 0) is 36.5 Å². The molecule has 124 valence electrons. The summed E-state index contributed by atoms with van der Waals surface area (Å²) >= 11 is 0. The lowest BCUT2D eigenvalue weighted by Gasteiger charge is -2.31. The molecule has 5 nitrogen and oxygen atoms in total. The van der Waals surface area contributed by atoms with Crippen molar-refractivity contribution in [3.63, 3.8) is 0 Å². The molecule has 2 fully saturated rings. The van der Waals surface area contributed by atoms with Crippen LogP contribution in [0.3, 0.4) is 0 Å². The van der Waals surface area contributed by atoms with Crippen LogP contribution in [0, 0.1) is 0 Å². The summed E-state index contributed by atoms with van der Waals surface area (Å²) in [5.74, 6) is -0.516. The van der Waals surface area contributed by atoms with Gasteiger partial charge < -0.3 is 14.7 Å². The van der Waals surface area contributed by atoms with Crippen LogP contribution in [-0.4, -0.2) is 47.7 Å². The highest BCUT2D eigenvalue weighted by Crippen LogP contribution is 2.32. The Hall–Kier alpha value is -1.88. The molecule has 1 heterocycles. The van der Waals surface area contributed by atoms with Gasteiger partial charge in [-0.3, -0.25) is 4.79 Å². The van der Waals surface area contributed by atoms with Gasteiger partial charge >= 0.3 is 5.97 Å². The monoisotopic (exact) mass is 317 g/mol. The summed E-state index contributed by atoms with van der Waals surface area (Å²) in [5.41, 5.74) is 1.93. The van der Waals surface area contributed by atoms with Gasteiger partial charge in [0.05, 0.1) is 13.2 Å². The van der Waals surface area contributed by atoms with E-state index in [9.17, 15) is 9.59 Å². The molecule has 1 saturated heterocycles. The van der Waals surface area contributed by atoms with E-state index in [0.717, 1.165) is 0 Å². The van der Waals surface area contributed by atoms with Crippen LogP contribution in [0.5, 0.6) is 0 Å². The zero-order valence-corrected chi connectivity index (χ0v) is 13.2. The van der Waals surface area contributed by atoms with E-state index in [2.05, 4.69) is 12.1 Å². The molecule has 23 heavy (non-hydrogen) atoms. The third kappa shape index (κ3) is 3.72. The second kappa shape index (κ2) is 7.13. The molecule has 1 amide bonds. The summed E-state index contributed by atoms with van der Waals surface area (Å²) in [6.07, 6.45) is 5.45. The summed E-state index contributed by atoms with van der Waals surface area (Å²) in [6, 6.07) is 7.85. The SMILES string of the molecule is O=C(O)C1CN(C(=O)c2ccc(C3CCCCC3)cc2)CCO1. The number of carbonyl (C=O) groups excluding carboxylic acids is 1. The van der Waals surface area contributed by atoms with E-state index in [-0.39, 0.29) is 19.1 Å². The van der Waals surface area contributed by atoms with Crippen molar-refractivity contribution < 1.29 is 19.4 Å². The lowest BCUT2D eigenvalue weighted by Crippen LogP contribution is -2.48. The first kappa shape index (κ1) is 16.0. The number of morpholine rings is 1. The van der Waals surface area contributed by atoms with E-state index >= 15 is 0 Å². The molecule has 2 aliphatic rings. The zero-order chi connectivity index (χ0) is 16.2. The fraction of sp³-hybridized carbons (Fsp3) is 0.556. The normalized spacial score (nSPS) is 22.8. The Balaban J connectivity index is 1.66. The van der Waals surface area contributed by atoms with Crippen molar-refractivity contribution in [1.29, 1.82) is 0 Å². The van der Waals surface area contributed by atoms with Crippen LogP contribution in [0.2, 0.25) is 0 Å². The van der Waals surface area contributed by atoms with Gasteiger partial charge in [0.1, 0.15) is 0 Å². The van der Waals surface area contributed by atoms with Crippen LogP contribution >= 0.6 is 0 Å². The minimum absolute atomic E-state index is 0.110. The molecular weight excluding hydrogens is 294 g/mol. The summed E-state index contributed by atoms with van der Waals surface area (Å²) in [5, 5.41) is 9.03. The van der Waals surface area contributed by atoms with Crippen molar-refractivity contribution in [3.05, 3.63) is 35.4 Å². The molecule has 1 saturated carbocycles. The first-order valence-electron chi connectivity index (χ1n) is 8.39. The minimum Gasteiger partial charge on any atom is -0.479 e. The van der Waals surface area contributed by atoms with Gasteiger partial charge in [-0.2, -0.15) is 0 Å². The van der Waals surface area contributed by atoms with Crippen LogP contribution in [-0.2, 0) is 9.53 Å². The molecule has 1 unspecified atom stereocenters. The van der Waals surface area contributed by atoms with Crippen LogP contribution in [0.15, 0.2) is 24.3 Å². The summed E-state index contributed by atoms with van der Waals surface area (Å²) in [4.78, 5) is 25.1. The topological polar surface area (TPSA) is 66.8 Å². The highest BCUT2D eigenvalue weighted by Gasteiger charge is 2.29. The van der Waals surface area contributed by atoms with E-state index < -0.39 is 12.1 Å². The molecule has 1 aromatic rings. The van der Waals surface area contributed by atoms with Crippen LogP contribution in [0.25, 0.3) is 0 Å². The van der Waals surface area contributed by atoms with Gasteiger partial charge in [0, 0.05) is 12.1 Å². The second-order valence-corrected chi connectivity index (χ2v) is 6.41. The van der Waals surface area contributed by atoms with Crippen molar-refractivity contribution in [2.45, 2.75) is 44.1 Å². The molecule has 1 N–H and O–H groups in total. The molecule has 5 heteroatoms. The molecule has 1 aliphatic heterocycles. The Bertz CT molecular complexity index is 563. The highest BCUT2D eigenvalue weighted by atomic mass is 16.5. The zero-order valence-electron chi connectivity index (χ0n) is 13.2. The Morgan fingerprint density at radius 3 is 2.43 bits per heavy atom. The largest absolute Gasteiger partial charge is 0.479 e. The van der Waals surface area contributed by atoms with Gasteiger partial charge in [-0.1, -0.05) is 31.4 Å². The lowest BCUT2D eigenvalue weighted by atomic mass is 9.84. The number of ether oxygens (including phenoxy) is 1. The Morgan fingerprint density at radius 1 is 1.09 bits per heavy atom. The van der Waals surface area contributed by atoms with Gasteiger partial charge in [0.2, 0.25) is 0 Å². The Kier molecular flexibility index (Phi) is 4.96. The second-order valence-electron chi connectivity index (χ2n) is 6.41. The standard InChI is InChI=1S/C18H23NO4/c20-17(19-10-11-23-16(12-19)18(21)22)15-8-6-14(7-9-15)13-4-2-1-3-5-13/h6-9,13,16H,1-5,10-12H2,(H,21,22). The lowest BCUT2D eigenvalue weighted by molar-refractivity contribution is -0.154. The first-order chi connectivity index (χ1) is 11.1. The van der Waals surface area contributed by atoms with Crippen molar-refractivity contribution in [2.75, 3.05) is 19.7 Å². The number of carbonyl (C=O) groups is 2. The average molecular weight is 317 g/mol.